The Balaban J connectivity index is 1.83. The van der Waals surface area contributed by atoms with Gasteiger partial charge in [-0.25, -0.2) is 5.10 Å². The summed E-state index contributed by atoms with van der Waals surface area (Å²) in [6.45, 7) is 0.179. The molecule has 0 fully saturated rings. The largest absolute Gasteiger partial charge is 0.483 e. The summed E-state index contributed by atoms with van der Waals surface area (Å²) < 4.78 is 15.9. The number of para-hydroxylation sites is 1. The van der Waals surface area contributed by atoms with E-state index < -0.39 is 0 Å². The van der Waals surface area contributed by atoms with Gasteiger partial charge >= 0.3 is 0 Å². The number of nitrogens with zero attached hydrogens (tertiary/aromatic N) is 2. The van der Waals surface area contributed by atoms with Crippen molar-refractivity contribution in [3.05, 3.63) is 47.3 Å². The second-order valence-electron chi connectivity index (χ2n) is 3.67. The van der Waals surface area contributed by atoms with Crippen LogP contribution in [-0.4, -0.2) is 15.4 Å². The molecule has 0 aliphatic rings. The third kappa shape index (κ3) is 2.55. The number of H-pyrrole nitrogens is 1. The Kier molecular flexibility index (Phi) is 3.11. The van der Waals surface area contributed by atoms with Gasteiger partial charge in [0.15, 0.2) is 12.4 Å². The summed E-state index contributed by atoms with van der Waals surface area (Å²) in [4.78, 5) is 0.224. The number of hydrogen-bond donors (Lipinski definition) is 1. The van der Waals surface area contributed by atoms with Crippen LogP contribution in [0.3, 0.4) is 0 Å². The van der Waals surface area contributed by atoms with Gasteiger partial charge in [-0.05, 0) is 24.4 Å². The highest BCUT2D eigenvalue weighted by Gasteiger charge is 2.10. The summed E-state index contributed by atoms with van der Waals surface area (Å²) in [6.07, 6.45) is 1.58. The number of nitrogens with one attached hydrogen (secondary N) is 1. The predicted octanol–water partition coefficient (Wildman–Crippen LogP) is 2.97. The van der Waals surface area contributed by atoms with E-state index in [9.17, 15) is 0 Å². The standard InChI is InChI=1S/C12H9N3O3S/c19-12-15-14-11(17-12)7-16-9-4-2-1-3-8(9)10-5-6-13-18-10/h1-6H,7H2,(H,15,19). The zero-order valence-electron chi connectivity index (χ0n) is 9.70. The highest BCUT2D eigenvalue weighted by atomic mass is 32.1. The van der Waals surface area contributed by atoms with E-state index in [0.717, 1.165) is 5.56 Å². The lowest BCUT2D eigenvalue weighted by molar-refractivity contribution is 0.262. The van der Waals surface area contributed by atoms with E-state index in [1.807, 2.05) is 24.3 Å². The predicted molar refractivity (Wildman–Crippen MR) is 68.0 cm³/mol. The van der Waals surface area contributed by atoms with E-state index in [1.165, 1.54) is 0 Å². The zero-order valence-corrected chi connectivity index (χ0v) is 10.5. The molecular weight excluding hydrogens is 266 g/mol. The number of hydrogen-bond acceptors (Lipinski definition) is 6. The molecule has 0 amide bonds. The van der Waals surface area contributed by atoms with Crippen LogP contribution < -0.4 is 4.74 Å². The average Bonchev–Trinajstić information content (AvgIpc) is 3.08. The van der Waals surface area contributed by atoms with E-state index in [1.54, 1.807) is 12.3 Å². The monoisotopic (exact) mass is 275 g/mol. The van der Waals surface area contributed by atoms with Gasteiger partial charge in [-0.3, -0.25) is 0 Å². The normalized spacial score (nSPS) is 10.5. The molecule has 0 atom stereocenters. The van der Waals surface area contributed by atoms with Gasteiger partial charge in [-0.1, -0.05) is 17.3 Å². The molecule has 0 aliphatic heterocycles. The number of aromatic nitrogens is 3. The molecule has 2 aromatic heterocycles. The number of ether oxygens (including phenoxy) is 1. The maximum absolute atomic E-state index is 5.65. The molecular formula is C12H9N3O3S. The van der Waals surface area contributed by atoms with E-state index in [0.29, 0.717) is 17.4 Å². The smallest absolute Gasteiger partial charge is 0.284 e. The van der Waals surface area contributed by atoms with Gasteiger partial charge < -0.3 is 13.7 Å². The molecule has 0 spiro atoms. The van der Waals surface area contributed by atoms with Gasteiger partial charge in [-0.15, -0.1) is 5.10 Å². The molecule has 0 radical (unpaired) electrons. The summed E-state index contributed by atoms with van der Waals surface area (Å²) in [7, 11) is 0. The summed E-state index contributed by atoms with van der Waals surface area (Å²) >= 11 is 4.79. The third-order valence-electron chi connectivity index (χ3n) is 2.42. The topological polar surface area (TPSA) is 77.1 Å². The van der Waals surface area contributed by atoms with Gasteiger partial charge in [0.25, 0.3) is 10.7 Å². The Hall–Kier alpha value is -2.41. The lowest BCUT2D eigenvalue weighted by Gasteiger charge is -2.07. The molecule has 0 aliphatic carbocycles. The molecule has 6 nitrogen and oxygen atoms in total. The van der Waals surface area contributed by atoms with Crippen LogP contribution in [-0.2, 0) is 6.61 Å². The van der Waals surface area contributed by atoms with Gasteiger partial charge in [0.05, 0.1) is 11.8 Å². The number of aromatic amines is 1. The van der Waals surface area contributed by atoms with Crippen molar-refractivity contribution in [1.29, 1.82) is 0 Å². The summed E-state index contributed by atoms with van der Waals surface area (Å²) in [5.74, 6) is 1.68. The summed E-state index contributed by atoms with van der Waals surface area (Å²) in [5.41, 5.74) is 0.814. The molecule has 0 unspecified atom stereocenters. The fourth-order valence-corrected chi connectivity index (χ4v) is 1.75. The van der Waals surface area contributed by atoms with Gasteiger partial charge in [0.1, 0.15) is 5.75 Å². The second kappa shape index (κ2) is 5.07. The lowest BCUT2D eigenvalue weighted by atomic mass is 10.1. The van der Waals surface area contributed by atoms with Crippen LogP contribution in [0, 0.1) is 4.84 Å². The molecule has 1 aromatic carbocycles. The second-order valence-corrected chi connectivity index (χ2v) is 4.04. The van der Waals surface area contributed by atoms with E-state index in [-0.39, 0.29) is 11.4 Å². The first kappa shape index (κ1) is 11.7. The van der Waals surface area contributed by atoms with Crippen molar-refractivity contribution in [2.75, 3.05) is 0 Å². The molecule has 3 aromatic rings. The first-order valence-electron chi connectivity index (χ1n) is 5.50. The maximum atomic E-state index is 5.65. The Morgan fingerprint density at radius 1 is 1.26 bits per heavy atom. The van der Waals surface area contributed by atoms with Crippen LogP contribution in [0.5, 0.6) is 5.75 Å². The van der Waals surface area contributed by atoms with Crippen molar-refractivity contribution < 1.29 is 13.7 Å². The number of rotatable bonds is 4. The Morgan fingerprint density at radius 3 is 2.89 bits per heavy atom. The summed E-state index contributed by atoms with van der Waals surface area (Å²) in [5, 5.41) is 10.1. The van der Waals surface area contributed by atoms with Crippen LogP contribution in [0.4, 0.5) is 0 Å². The highest BCUT2D eigenvalue weighted by Crippen LogP contribution is 2.29. The maximum Gasteiger partial charge on any atom is 0.284 e. The Bertz CT molecular complexity index is 718. The summed E-state index contributed by atoms with van der Waals surface area (Å²) in [6, 6.07) is 9.25. The van der Waals surface area contributed by atoms with Crippen LogP contribution >= 0.6 is 12.2 Å². The van der Waals surface area contributed by atoms with Crippen molar-refractivity contribution in [1.82, 2.24) is 15.4 Å². The molecule has 1 N–H and O–H groups in total. The third-order valence-corrected chi connectivity index (χ3v) is 2.60. The molecule has 0 saturated heterocycles. The van der Waals surface area contributed by atoms with Gasteiger partial charge in [0, 0.05) is 6.07 Å². The fraction of sp³-hybridized carbons (Fsp3) is 0.0833. The zero-order chi connectivity index (χ0) is 13.1. The minimum Gasteiger partial charge on any atom is -0.483 e. The number of benzene rings is 1. The molecule has 0 saturated carbocycles. The van der Waals surface area contributed by atoms with Crippen LogP contribution in [0.2, 0.25) is 0 Å². The van der Waals surface area contributed by atoms with Crippen molar-refractivity contribution in [2.45, 2.75) is 6.61 Å². The van der Waals surface area contributed by atoms with Crippen LogP contribution in [0.1, 0.15) is 5.89 Å². The average molecular weight is 275 g/mol. The Morgan fingerprint density at radius 2 is 2.16 bits per heavy atom. The molecule has 0 bridgehead atoms. The molecule has 3 rings (SSSR count). The fourth-order valence-electron chi connectivity index (χ4n) is 1.61. The minimum atomic E-state index is 0.179. The quantitative estimate of drug-likeness (QED) is 0.737. The van der Waals surface area contributed by atoms with Crippen molar-refractivity contribution in [2.24, 2.45) is 0 Å². The highest BCUT2D eigenvalue weighted by molar-refractivity contribution is 7.71. The first-order valence-corrected chi connectivity index (χ1v) is 5.91. The van der Waals surface area contributed by atoms with Crippen LogP contribution in [0.25, 0.3) is 11.3 Å². The first-order chi connectivity index (χ1) is 9.33. The molecule has 96 valence electrons. The molecule has 19 heavy (non-hydrogen) atoms. The van der Waals surface area contributed by atoms with Gasteiger partial charge in [0.2, 0.25) is 0 Å². The minimum absolute atomic E-state index is 0.179. The Labute approximate surface area is 113 Å². The SMILES string of the molecule is S=c1[nH]nc(COc2ccccc2-c2ccno2)o1. The van der Waals surface area contributed by atoms with Crippen LogP contribution in [0.15, 0.2) is 45.5 Å². The molecule has 2 heterocycles. The van der Waals surface area contributed by atoms with E-state index >= 15 is 0 Å². The van der Waals surface area contributed by atoms with E-state index in [2.05, 4.69) is 15.4 Å². The van der Waals surface area contributed by atoms with E-state index in [4.69, 9.17) is 25.9 Å². The van der Waals surface area contributed by atoms with Crippen molar-refractivity contribution in [3.8, 4) is 17.1 Å². The van der Waals surface area contributed by atoms with Gasteiger partial charge in [-0.2, -0.15) is 0 Å². The molecule has 7 heteroatoms. The van der Waals surface area contributed by atoms with Crippen molar-refractivity contribution >= 4 is 12.2 Å². The lowest BCUT2D eigenvalue weighted by Crippen LogP contribution is -1.97. The van der Waals surface area contributed by atoms with Crippen molar-refractivity contribution in [3.63, 3.8) is 0 Å².